The van der Waals surface area contributed by atoms with Gasteiger partial charge >= 0.3 is 5.51 Å². The van der Waals surface area contributed by atoms with Gasteiger partial charge in [-0.3, -0.25) is 4.79 Å². The third kappa shape index (κ3) is 3.19. The number of halogens is 3. The van der Waals surface area contributed by atoms with Crippen molar-refractivity contribution in [3.05, 3.63) is 42.5 Å². The number of nitrogens with zero attached hydrogens (tertiary/aromatic N) is 1. The van der Waals surface area contributed by atoms with Gasteiger partial charge in [0.25, 0.3) is 15.7 Å². The Kier molecular flexibility index (Phi) is 4.31. The topological polar surface area (TPSA) is 75.7 Å². The molecule has 2 aromatic rings. The largest absolute Gasteiger partial charge is 0.501 e. The van der Waals surface area contributed by atoms with Crippen LogP contribution in [0.4, 0.5) is 30.2 Å². The number of alkyl halides is 3. The number of amides is 1. The molecule has 0 aliphatic carbocycles. The monoisotopic (exact) mass is 386 g/mol. The first kappa shape index (κ1) is 18.1. The van der Waals surface area contributed by atoms with Crippen molar-refractivity contribution in [3.63, 3.8) is 0 Å². The van der Waals surface area contributed by atoms with Crippen LogP contribution in [0.3, 0.4) is 0 Å². The number of carbonyl (C=O) groups is 1. The molecule has 1 N–H and O–H groups in total. The van der Waals surface area contributed by atoms with E-state index in [-0.39, 0.29) is 12.5 Å². The minimum absolute atomic E-state index is 0.0502. The summed E-state index contributed by atoms with van der Waals surface area (Å²) >= 11 is 0. The summed E-state index contributed by atoms with van der Waals surface area (Å²) in [5.41, 5.74) is -3.86. The third-order valence-electron chi connectivity index (χ3n) is 3.80. The lowest BCUT2D eigenvalue weighted by molar-refractivity contribution is -0.120. The number of carbonyl (C=O) groups excluding carboxylic acids is 1. The van der Waals surface area contributed by atoms with E-state index < -0.39 is 20.2 Å². The average molecular weight is 386 g/mol. The van der Waals surface area contributed by atoms with E-state index >= 15 is 0 Å². The van der Waals surface area contributed by atoms with Crippen molar-refractivity contribution in [1.82, 2.24) is 0 Å². The second-order valence-corrected chi connectivity index (χ2v) is 7.46. The summed E-state index contributed by atoms with van der Waals surface area (Å²) in [4.78, 5) is 12.3. The standard InChI is InChI=1S/C16H13F3N2O4S/c1-21-13-8-11(4-7-14(13)25-9-15(21)22)20-10-2-5-12(6-3-10)26(23,24)16(17,18)19/h2-8,20H,9H2,1H3. The number of fused-ring (bicyclic) bond motifs is 1. The van der Waals surface area contributed by atoms with E-state index in [9.17, 15) is 26.4 Å². The van der Waals surface area contributed by atoms with Crippen LogP contribution < -0.4 is 15.0 Å². The van der Waals surface area contributed by atoms with Crippen LogP contribution in [0.25, 0.3) is 0 Å². The smallest absolute Gasteiger partial charge is 0.482 e. The van der Waals surface area contributed by atoms with Gasteiger partial charge in [0.1, 0.15) is 5.75 Å². The highest BCUT2D eigenvalue weighted by Gasteiger charge is 2.46. The molecule has 26 heavy (non-hydrogen) atoms. The summed E-state index contributed by atoms with van der Waals surface area (Å²) in [5.74, 6) is 0.320. The fourth-order valence-electron chi connectivity index (χ4n) is 2.37. The number of hydrogen-bond donors (Lipinski definition) is 1. The fourth-order valence-corrected chi connectivity index (χ4v) is 3.13. The zero-order valence-corrected chi connectivity index (χ0v) is 14.2. The number of benzene rings is 2. The zero-order valence-electron chi connectivity index (χ0n) is 13.4. The first-order valence-electron chi connectivity index (χ1n) is 7.31. The highest BCUT2D eigenvalue weighted by atomic mass is 32.2. The van der Waals surface area contributed by atoms with Crippen molar-refractivity contribution < 1.29 is 31.1 Å². The molecule has 0 unspecified atom stereocenters. The molecule has 2 aromatic carbocycles. The Labute approximate surface area is 147 Å². The van der Waals surface area contributed by atoms with Crippen LogP contribution in [0.5, 0.6) is 5.75 Å². The van der Waals surface area contributed by atoms with Gasteiger partial charge in [-0.2, -0.15) is 13.2 Å². The lowest BCUT2D eigenvalue weighted by Gasteiger charge is -2.26. The molecule has 138 valence electrons. The van der Waals surface area contributed by atoms with Gasteiger partial charge in [-0.25, -0.2) is 8.42 Å². The number of sulfone groups is 1. The lowest BCUT2D eigenvalue weighted by Crippen LogP contribution is -2.35. The van der Waals surface area contributed by atoms with Gasteiger partial charge in [-0.15, -0.1) is 0 Å². The van der Waals surface area contributed by atoms with Crippen molar-refractivity contribution in [2.45, 2.75) is 10.4 Å². The predicted molar refractivity (Wildman–Crippen MR) is 88.3 cm³/mol. The molecule has 0 spiro atoms. The first-order chi connectivity index (χ1) is 12.1. The molecule has 0 saturated heterocycles. The van der Waals surface area contributed by atoms with Crippen LogP contribution in [0, 0.1) is 0 Å². The Morgan fingerprint density at radius 2 is 1.69 bits per heavy atom. The molecule has 10 heteroatoms. The second kappa shape index (κ2) is 6.20. The fraction of sp³-hybridized carbons (Fsp3) is 0.188. The normalized spacial score (nSPS) is 14.6. The Balaban J connectivity index is 1.84. The van der Waals surface area contributed by atoms with Crippen molar-refractivity contribution in [3.8, 4) is 5.75 Å². The SMILES string of the molecule is CN1C(=O)COc2ccc(Nc3ccc(S(=O)(=O)C(F)(F)F)cc3)cc21. The van der Waals surface area contributed by atoms with Crippen molar-refractivity contribution >= 4 is 32.8 Å². The predicted octanol–water partition coefficient (Wildman–Crippen LogP) is 3.08. The van der Waals surface area contributed by atoms with Gasteiger partial charge in [-0.05, 0) is 42.5 Å². The van der Waals surface area contributed by atoms with Gasteiger partial charge in [0.15, 0.2) is 6.61 Å². The molecule has 1 aliphatic heterocycles. The summed E-state index contributed by atoms with van der Waals surface area (Å²) in [6, 6.07) is 9.18. The molecular weight excluding hydrogens is 373 g/mol. The van der Waals surface area contributed by atoms with Crippen molar-refractivity contribution in [1.29, 1.82) is 0 Å². The number of likely N-dealkylation sites (N-methyl/N-ethyl adjacent to an activating group) is 1. The molecule has 0 fully saturated rings. The van der Waals surface area contributed by atoms with E-state index in [1.54, 1.807) is 25.2 Å². The van der Waals surface area contributed by atoms with Crippen molar-refractivity contribution in [2.75, 3.05) is 23.9 Å². The van der Waals surface area contributed by atoms with E-state index in [0.717, 1.165) is 12.1 Å². The third-order valence-corrected chi connectivity index (χ3v) is 5.31. The van der Waals surface area contributed by atoms with Crippen LogP contribution in [0.1, 0.15) is 0 Å². The molecule has 1 heterocycles. The van der Waals surface area contributed by atoms with E-state index in [2.05, 4.69) is 5.32 Å². The lowest BCUT2D eigenvalue weighted by atomic mass is 10.2. The molecule has 0 radical (unpaired) electrons. The van der Waals surface area contributed by atoms with Crippen LogP contribution >= 0.6 is 0 Å². The Morgan fingerprint density at radius 3 is 2.31 bits per heavy atom. The van der Waals surface area contributed by atoms with Gasteiger partial charge < -0.3 is 15.0 Å². The Hall–Kier alpha value is -2.75. The minimum Gasteiger partial charge on any atom is -0.482 e. The molecule has 6 nitrogen and oxygen atoms in total. The number of ether oxygens (including phenoxy) is 1. The molecule has 1 amide bonds. The average Bonchev–Trinajstić information content (AvgIpc) is 2.58. The summed E-state index contributed by atoms with van der Waals surface area (Å²) in [5, 5.41) is 2.94. The highest BCUT2D eigenvalue weighted by Crippen LogP contribution is 2.35. The molecule has 0 atom stereocenters. The summed E-state index contributed by atoms with van der Waals surface area (Å²) in [6.07, 6.45) is 0. The molecule has 0 saturated carbocycles. The van der Waals surface area contributed by atoms with Crippen molar-refractivity contribution in [2.24, 2.45) is 0 Å². The maximum absolute atomic E-state index is 12.5. The van der Waals surface area contributed by atoms with Crippen LogP contribution in [-0.4, -0.2) is 33.5 Å². The molecular formula is C16H13F3N2O4S. The summed E-state index contributed by atoms with van der Waals surface area (Å²) in [7, 11) is -3.78. The highest BCUT2D eigenvalue weighted by molar-refractivity contribution is 7.92. The van der Waals surface area contributed by atoms with Gasteiger partial charge in [0, 0.05) is 18.4 Å². The molecule has 1 aliphatic rings. The molecule has 3 rings (SSSR count). The van der Waals surface area contributed by atoms with Gasteiger partial charge in [0.2, 0.25) is 0 Å². The van der Waals surface area contributed by atoms with E-state index in [1.807, 2.05) is 0 Å². The van der Waals surface area contributed by atoms with E-state index in [1.165, 1.54) is 17.0 Å². The molecule has 0 bridgehead atoms. The second-order valence-electron chi connectivity index (χ2n) is 5.52. The number of hydrogen-bond acceptors (Lipinski definition) is 5. The van der Waals surface area contributed by atoms with Gasteiger partial charge in [-0.1, -0.05) is 0 Å². The zero-order chi connectivity index (χ0) is 19.1. The van der Waals surface area contributed by atoms with Crippen LogP contribution in [0.15, 0.2) is 47.4 Å². The number of anilines is 3. The quantitative estimate of drug-likeness (QED) is 0.878. The summed E-state index contributed by atoms with van der Waals surface area (Å²) < 4.78 is 65.7. The summed E-state index contributed by atoms with van der Waals surface area (Å²) in [6.45, 7) is -0.0502. The van der Waals surface area contributed by atoms with Crippen LogP contribution in [-0.2, 0) is 14.6 Å². The number of rotatable bonds is 3. The minimum atomic E-state index is -5.38. The first-order valence-corrected chi connectivity index (χ1v) is 8.80. The van der Waals surface area contributed by atoms with Gasteiger partial charge in [0.05, 0.1) is 10.6 Å². The van der Waals surface area contributed by atoms with Crippen LogP contribution in [0.2, 0.25) is 0 Å². The Bertz CT molecular complexity index is 956. The van der Waals surface area contributed by atoms with E-state index in [0.29, 0.717) is 22.8 Å². The maximum Gasteiger partial charge on any atom is 0.501 e. The number of nitrogens with one attached hydrogen (secondary N) is 1. The van der Waals surface area contributed by atoms with E-state index in [4.69, 9.17) is 4.74 Å². The molecule has 0 aromatic heterocycles. The maximum atomic E-state index is 12.5. The Morgan fingerprint density at radius 1 is 1.08 bits per heavy atom.